The van der Waals surface area contributed by atoms with Gasteiger partial charge in [-0.25, -0.2) is 39.5 Å². The number of ether oxygens (including phenoxy) is 1. The number of nitrogens with zero attached hydrogens (tertiary/aromatic N) is 1. The number of hydrogen-bond acceptors (Lipinski definition) is 1. The molecule has 0 spiro atoms. The summed E-state index contributed by atoms with van der Waals surface area (Å²) in [5.74, 6) is -15.7. The summed E-state index contributed by atoms with van der Waals surface area (Å²) in [6.07, 6.45) is 4.55. The van der Waals surface area contributed by atoms with Crippen LogP contribution in [0.2, 0.25) is 0 Å². The van der Waals surface area contributed by atoms with Gasteiger partial charge in [-0.15, -0.1) is 0 Å². The molecule has 0 bridgehead atoms. The quantitative estimate of drug-likeness (QED) is 0.0903. The molecule has 0 aliphatic rings. The van der Waals surface area contributed by atoms with Crippen LogP contribution in [0.5, 0.6) is 5.75 Å². The van der Waals surface area contributed by atoms with Crippen LogP contribution in [0.3, 0.4) is 0 Å². The summed E-state index contributed by atoms with van der Waals surface area (Å²) in [4.78, 5) is -0.782. The average Bonchev–Trinajstić information content (AvgIpc) is 3.44. The zero-order chi connectivity index (χ0) is 36.6. The van der Waals surface area contributed by atoms with Gasteiger partial charge in [0, 0.05) is 22.0 Å². The smallest absolute Gasteiger partial charge is 0.200 e. The van der Waals surface area contributed by atoms with Gasteiger partial charge in [-0.2, -0.15) is 20.1 Å². The molecule has 13 heteroatoms. The highest BCUT2D eigenvalue weighted by molar-refractivity contribution is 8.33. The normalized spacial score (nSPS) is 14.3. The fourth-order valence-electron chi connectivity index (χ4n) is 6.29. The van der Waals surface area contributed by atoms with E-state index in [4.69, 9.17) is 4.74 Å². The van der Waals surface area contributed by atoms with Crippen LogP contribution in [0.15, 0.2) is 80.2 Å². The van der Waals surface area contributed by atoms with E-state index in [1.807, 2.05) is 4.57 Å². The van der Waals surface area contributed by atoms with Crippen molar-refractivity contribution in [2.45, 2.75) is 33.4 Å². The first-order valence-corrected chi connectivity index (χ1v) is 19.7. The average molecular weight is 740 g/mol. The van der Waals surface area contributed by atoms with Gasteiger partial charge in [0.1, 0.15) is 11.6 Å². The number of rotatable bonds is 7. The standard InChI is InChI=1S/C37H30F9NOS2/c1-7-50(6,37-34(45)31(42)30(41)32(43)35(37)46)22-13-15-26-24(17-22)23-16-21(12-14-25(23)47(26)19-8-10-20(48-3)11-9-19)49(4,5)36-28(39)18(2)27(38)29(40)33(36)44/h8-17H,7H2,1-6H3. The van der Waals surface area contributed by atoms with Gasteiger partial charge in [0.05, 0.1) is 27.9 Å². The van der Waals surface area contributed by atoms with Crippen LogP contribution >= 0.6 is 20.1 Å². The summed E-state index contributed by atoms with van der Waals surface area (Å²) in [6.45, 7) is 2.62. The molecule has 1 heterocycles. The number of aromatic nitrogens is 1. The first-order chi connectivity index (χ1) is 23.5. The first kappa shape index (κ1) is 35.6. The van der Waals surface area contributed by atoms with Gasteiger partial charge in [0.2, 0.25) is 5.82 Å². The van der Waals surface area contributed by atoms with Crippen molar-refractivity contribution in [1.82, 2.24) is 4.57 Å². The molecule has 0 amide bonds. The van der Waals surface area contributed by atoms with E-state index >= 15 is 17.6 Å². The van der Waals surface area contributed by atoms with E-state index in [0.29, 0.717) is 43.0 Å². The number of halogens is 9. The van der Waals surface area contributed by atoms with E-state index in [1.165, 1.54) is 13.4 Å². The molecule has 0 aliphatic carbocycles. The van der Waals surface area contributed by atoms with Crippen molar-refractivity contribution >= 4 is 41.9 Å². The van der Waals surface area contributed by atoms with Gasteiger partial charge in [-0.05, 0) is 102 Å². The largest absolute Gasteiger partial charge is 0.497 e. The molecular weight excluding hydrogens is 710 g/mol. The number of hydrogen-bond donors (Lipinski definition) is 0. The van der Waals surface area contributed by atoms with E-state index in [-0.39, 0.29) is 5.75 Å². The van der Waals surface area contributed by atoms with Crippen molar-refractivity contribution in [3.63, 3.8) is 0 Å². The van der Waals surface area contributed by atoms with E-state index in [1.54, 1.807) is 80.1 Å². The first-order valence-electron chi connectivity index (χ1n) is 15.1. The molecule has 6 rings (SSSR count). The van der Waals surface area contributed by atoms with Crippen LogP contribution in [-0.2, 0) is 0 Å². The van der Waals surface area contributed by atoms with Crippen molar-refractivity contribution < 1.29 is 44.3 Å². The highest BCUT2D eigenvalue weighted by atomic mass is 32.3. The lowest BCUT2D eigenvalue weighted by Crippen LogP contribution is -2.13. The summed E-state index contributed by atoms with van der Waals surface area (Å²) in [5.41, 5.74) is 1.22. The molecule has 0 saturated carbocycles. The molecule has 2 nitrogen and oxygen atoms in total. The van der Waals surface area contributed by atoms with Crippen LogP contribution in [0, 0.1) is 59.3 Å². The van der Waals surface area contributed by atoms with Crippen molar-refractivity contribution in [2.24, 2.45) is 0 Å². The van der Waals surface area contributed by atoms with Gasteiger partial charge in [0.15, 0.2) is 40.7 Å². The molecule has 0 fully saturated rings. The molecule has 0 radical (unpaired) electrons. The molecule has 0 aliphatic heterocycles. The minimum absolute atomic E-state index is 0.0183. The number of benzene rings is 5. The van der Waals surface area contributed by atoms with Crippen LogP contribution in [0.1, 0.15) is 12.5 Å². The zero-order valence-corrected chi connectivity index (χ0v) is 29.2. The molecule has 1 aromatic heterocycles. The van der Waals surface area contributed by atoms with Gasteiger partial charge >= 0.3 is 0 Å². The molecule has 0 N–H and O–H groups in total. The lowest BCUT2D eigenvalue weighted by molar-refractivity contribution is 0.360. The minimum atomic E-state index is -2.88. The van der Waals surface area contributed by atoms with Crippen LogP contribution < -0.4 is 4.74 Å². The Morgan fingerprint density at radius 1 is 0.560 bits per heavy atom. The monoisotopic (exact) mass is 739 g/mol. The second-order valence-corrected chi connectivity index (χ2v) is 19.4. The number of fused-ring (bicyclic) bond motifs is 3. The Hall–Kier alpha value is -4.23. The molecule has 6 aromatic rings. The van der Waals surface area contributed by atoms with Crippen LogP contribution in [0.4, 0.5) is 39.5 Å². The summed E-state index contributed by atoms with van der Waals surface area (Å²) in [6, 6.07) is 17.0. The van der Waals surface area contributed by atoms with Crippen molar-refractivity contribution in [1.29, 1.82) is 0 Å². The van der Waals surface area contributed by atoms with Crippen LogP contribution in [0.25, 0.3) is 27.5 Å². The molecule has 5 aromatic carbocycles. The Morgan fingerprint density at radius 2 is 1.02 bits per heavy atom. The maximum Gasteiger partial charge on any atom is 0.200 e. The predicted molar refractivity (Wildman–Crippen MR) is 181 cm³/mol. The van der Waals surface area contributed by atoms with Gasteiger partial charge in [-0.3, -0.25) is 0 Å². The topological polar surface area (TPSA) is 14.2 Å². The molecule has 264 valence electrons. The summed E-state index contributed by atoms with van der Waals surface area (Å²) < 4.78 is 140. The summed E-state index contributed by atoms with van der Waals surface area (Å²) in [5, 5.41) is 1.02. The van der Waals surface area contributed by atoms with Gasteiger partial charge < -0.3 is 9.30 Å². The van der Waals surface area contributed by atoms with E-state index in [2.05, 4.69) is 0 Å². The predicted octanol–water partition coefficient (Wildman–Crippen LogP) is 11.7. The van der Waals surface area contributed by atoms with Gasteiger partial charge in [0.25, 0.3) is 0 Å². The highest BCUT2D eigenvalue weighted by Crippen LogP contribution is 2.63. The zero-order valence-electron chi connectivity index (χ0n) is 27.6. The summed E-state index contributed by atoms with van der Waals surface area (Å²) in [7, 11) is -4.06. The second kappa shape index (κ2) is 12.5. The minimum Gasteiger partial charge on any atom is -0.497 e. The highest BCUT2D eigenvalue weighted by Gasteiger charge is 2.36. The van der Waals surface area contributed by atoms with E-state index in [0.717, 1.165) is 6.92 Å². The Bertz CT molecular complexity index is 2300. The number of methoxy groups -OCH3 is 1. The Balaban J connectivity index is 1.67. The second-order valence-electron chi connectivity index (χ2n) is 12.2. The third kappa shape index (κ3) is 5.14. The molecular formula is C37H30F9NOS2. The van der Waals surface area contributed by atoms with Crippen molar-refractivity contribution in [3.8, 4) is 11.4 Å². The molecule has 0 saturated heterocycles. The van der Waals surface area contributed by atoms with Crippen molar-refractivity contribution in [3.05, 3.63) is 119 Å². The third-order valence-corrected chi connectivity index (χ3v) is 15.8. The van der Waals surface area contributed by atoms with E-state index in [9.17, 15) is 22.0 Å². The third-order valence-electron chi connectivity index (χ3n) is 9.30. The maximum absolute atomic E-state index is 15.5. The Labute approximate surface area is 285 Å². The summed E-state index contributed by atoms with van der Waals surface area (Å²) >= 11 is 0. The van der Waals surface area contributed by atoms with E-state index < -0.39 is 87.8 Å². The fourth-order valence-corrected chi connectivity index (χ4v) is 11.1. The van der Waals surface area contributed by atoms with Crippen LogP contribution in [-0.4, -0.2) is 36.2 Å². The Morgan fingerprint density at radius 3 is 1.54 bits per heavy atom. The molecule has 1 unspecified atom stereocenters. The fraction of sp³-hybridized carbons (Fsp3) is 0.189. The van der Waals surface area contributed by atoms with Gasteiger partial charge in [-0.1, -0.05) is 6.92 Å². The lowest BCUT2D eigenvalue weighted by Gasteiger charge is -2.36. The SMILES string of the molecule is CCS(C)(c1ccc2c(c1)c1cc(S(C)(C)c3c(F)c(C)c(F)c(F)c3F)ccc1n2-c1ccc(OC)cc1)c1c(F)c(F)c(F)c(F)c1F. The van der Waals surface area contributed by atoms with Crippen molar-refractivity contribution in [2.75, 3.05) is 31.6 Å². The Kier molecular flexibility index (Phi) is 8.91. The molecule has 50 heavy (non-hydrogen) atoms. The maximum atomic E-state index is 15.5. The molecule has 1 atom stereocenters. The lowest BCUT2D eigenvalue weighted by atomic mass is 10.1.